The van der Waals surface area contributed by atoms with Crippen LogP contribution in [0.4, 0.5) is 0 Å². The number of ether oxygens (including phenoxy) is 2. The molecule has 2 rings (SSSR count). The highest BCUT2D eigenvalue weighted by molar-refractivity contribution is 6.00. The molecular formula is C16H23NO3. The third-order valence-corrected chi connectivity index (χ3v) is 4.00. The first-order chi connectivity index (χ1) is 9.72. The van der Waals surface area contributed by atoms with E-state index in [1.54, 1.807) is 26.4 Å². The summed E-state index contributed by atoms with van der Waals surface area (Å²) >= 11 is 0. The van der Waals surface area contributed by atoms with Crippen molar-refractivity contribution in [2.24, 2.45) is 0 Å². The molecule has 1 fully saturated rings. The molecule has 1 heterocycles. The van der Waals surface area contributed by atoms with Crippen molar-refractivity contribution in [1.82, 2.24) is 4.90 Å². The van der Waals surface area contributed by atoms with Gasteiger partial charge >= 0.3 is 0 Å². The fourth-order valence-corrected chi connectivity index (χ4v) is 2.90. The highest BCUT2D eigenvalue weighted by atomic mass is 16.5. The van der Waals surface area contributed by atoms with Crippen molar-refractivity contribution >= 4 is 5.91 Å². The molecule has 0 aliphatic carbocycles. The van der Waals surface area contributed by atoms with Crippen molar-refractivity contribution in [3.05, 3.63) is 23.8 Å². The number of piperidine rings is 1. The van der Waals surface area contributed by atoms with Crippen molar-refractivity contribution in [1.29, 1.82) is 0 Å². The van der Waals surface area contributed by atoms with Gasteiger partial charge in [-0.15, -0.1) is 0 Å². The molecule has 4 heteroatoms. The first kappa shape index (κ1) is 14.7. The molecule has 0 bridgehead atoms. The number of likely N-dealkylation sites (tertiary alicyclic amines) is 1. The van der Waals surface area contributed by atoms with E-state index in [1.165, 1.54) is 6.42 Å². The van der Waals surface area contributed by atoms with Crippen LogP contribution in [0.25, 0.3) is 0 Å². The maximum Gasteiger partial charge on any atom is 0.261 e. The average Bonchev–Trinajstić information content (AvgIpc) is 2.53. The fourth-order valence-electron chi connectivity index (χ4n) is 2.90. The van der Waals surface area contributed by atoms with Crippen LogP contribution in [0.1, 0.15) is 43.0 Å². The third-order valence-electron chi connectivity index (χ3n) is 4.00. The molecule has 1 saturated heterocycles. The lowest BCUT2D eigenvalue weighted by Gasteiger charge is -2.35. The van der Waals surface area contributed by atoms with Gasteiger partial charge in [0.1, 0.15) is 17.1 Å². The van der Waals surface area contributed by atoms with E-state index in [4.69, 9.17) is 9.47 Å². The molecular weight excluding hydrogens is 254 g/mol. The number of carbonyl (C=O) groups is 1. The number of methoxy groups -OCH3 is 2. The Morgan fingerprint density at radius 1 is 1.25 bits per heavy atom. The van der Waals surface area contributed by atoms with Crippen LogP contribution >= 0.6 is 0 Å². The highest BCUT2D eigenvalue weighted by Crippen LogP contribution is 2.32. The van der Waals surface area contributed by atoms with Gasteiger partial charge in [0.05, 0.1) is 14.2 Å². The summed E-state index contributed by atoms with van der Waals surface area (Å²) in [5, 5.41) is 0. The van der Waals surface area contributed by atoms with Gasteiger partial charge in [-0.1, -0.05) is 13.0 Å². The van der Waals surface area contributed by atoms with E-state index in [0.717, 1.165) is 25.8 Å². The smallest absolute Gasteiger partial charge is 0.261 e. The van der Waals surface area contributed by atoms with Crippen LogP contribution in [-0.2, 0) is 0 Å². The van der Waals surface area contributed by atoms with Gasteiger partial charge < -0.3 is 14.4 Å². The quantitative estimate of drug-likeness (QED) is 0.849. The van der Waals surface area contributed by atoms with Crippen LogP contribution in [0, 0.1) is 0 Å². The molecule has 4 nitrogen and oxygen atoms in total. The monoisotopic (exact) mass is 277 g/mol. The molecule has 0 N–H and O–H groups in total. The van der Waals surface area contributed by atoms with E-state index in [1.807, 2.05) is 11.0 Å². The lowest BCUT2D eigenvalue weighted by atomic mass is 9.98. The number of benzene rings is 1. The van der Waals surface area contributed by atoms with E-state index in [9.17, 15) is 4.79 Å². The summed E-state index contributed by atoms with van der Waals surface area (Å²) in [6, 6.07) is 5.77. The Morgan fingerprint density at radius 2 is 1.90 bits per heavy atom. The van der Waals surface area contributed by atoms with Crippen LogP contribution < -0.4 is 9.47 Å². The van der Waals surface area contributed by atoms with E-state index in [0.29, 0.717) is 23.1 Å². The predicted octanol–water partition coefficient (Wildman–Crippen LogP) is 3.11. The zero-order chi connectivity index (χ0) is 14.5. The van der Waals surface area contributed by atoms with Crippen LogP contribution in [0.2, 0.25) is 0 Å². The van der Waals surface area contributed by atoms with E-state index < -0.39 is 0 Å². The molecule has 0 radical (unpaired) electrons. The topological polar surface area (TPSA) is 38.8 Å². The SMILES string of the molecule is CCC1CCCCN1C(=O)c1c(OC)cccc1OC. The number of carbonyl (C=O) groups excluding carboxylic acids is 1. The second-order valence-electron chi connectivity index (χ2n) is 5.09. The van der Waals surface area contributed by atoms with Crippen LogP contribution in [0.5, 0.6) is 11.5 Å². The number of rotatable bonds is 4. The van der Waals surface area contributed by atoms with Crippen molar-refractivity contribution in [3.8, 4) is 11.5 Å². The Morgan fingerprint density at radius 3 is 2.45 bits per heavy atom. The third kappa shape index (κ3) is 2.74. The van der Waals surface area contributed by atoms with Gasteiger partial charge in [0.15, 0.2) is 0 Å². The number of nitrogens with zero attached hydrogens (tertiary/aromatic N) is 1. The summed E-state index contributed by atoms with van der Waals surface area (Å²) in [6.07, 6.45) is 4.34. The van der Waals surface area contributed by atoms with Gasteiger partial charge in [0.25, 0.3) is 5.91 Å². The Hall–Kier alpha value is -1.71. The van der Waals surface area contributed by atoms with Crippen LogP contribution in [0.15, 0.2) is 18.2 Å². The molecule has 0 spiro atoms. The molecule has 1 unspecified atom stereocenters. The zero-order valence-electron chi connectivity index (χ0n) is 12.5. The van der Waals surface area contributed by atoms with Gasteiger partial charge in [-0.2, -0.15) is 0 Å². The first-order valence-corrected chi connectivity index (χ1v) is 7.24. The van der Waals surface area contributed by atoms with Crippen molar-refractivity contribution in [2.75, 3.05) is 20.8 Å². The second-order valence-corrected chi connectivity index (χ2v) is 5.09. The molecule has 0 aromatic heterocycles. The lowest BCUT2D eigenvalue weighted by Crippen LogP contribution is -2.43. The molecule has 20 heavy (non-hydrogen) atoms. The van der Waals surface area contributed by atoms with Crippen molar-refractivity contribution in [3.63, 3.8) is 0 Å². The maximum atomic E-state index is 12.9. The molecule has 1 atom stereocenters. The summed E-state index contributed by atoms with van der Waals surface area (Å²) in [5.74, 6) is 1.18. The van der Waals surface area contributed by atoms with Gasteiger partial charge in [-0.05, 0) is 37.8 Å². The van der Waals surface area contributed by atoms with Crippen molar-refractivity contribution < 1.29 is 14.3 Å². The predicted molar refractivity (Wildman–Crippen MR) is 78.5 cm³/mol. The Balaban J connectivity index is 2.36. The Labute approximate surface area is 120 Å². The normalized spacial score (nSPS) is 18.8. The lowest BCUT2D eigenvalue weighted by molar-refractivity contribution is 0.0601. The standard InChI is InChI=1S/C16H23NO3/c1-4-12-8-5-6-11-17(12)16(18)15-13(19-2)9-7-10-14(15)20-3/h7,9-10,12H,4-6,8,11H2,1-3H3. The molecule has 1 amide bonds. The summed E-state index contributed by atoms with van der Waals surface area (Å²) in [5.41, 5.74) is 0.540. The molecule has 1 aromatic carbocycles. The maximum absolute atomic E-state index is 12.9. The molecule has 110 valence electrons. The van der Waals surface area contributed by atoms with E-state index in [2.05, 4.69) is 6.92 Å². The van der Waals surface area contributed by atoms with E-state index >= 15 is 0 Å². The largest absolute Gasteiger partial charge is 0.496 e. The number of amides is 1. The van der Waals surface area contributed by atoms with Crippen LogP contribution in [0.3, 0.4) is 0 Å². The second kappa shape index (κ2) is 6.64. The number of hydrogen-bond donors (Lipinski definition) is 0. The Kier molecular flexibility index (Phi) is 4.88. The Bertz CT molecular complexity index is 451. The number of hydrogen-bond acceptors (Lipinski definition) is 3. The van der Waals surface area contributed by atoms with Crippen LogP contribution in [-0.4, -0.2) is 37.6 Å². The minimum absolute atomic E-state index is 0.0193. The summed E-state index contributed by atoms with van der Waals surface area (Å²) in [6.45, 7) is 2.95. The summed E-state index contributed by atoms with van der Waals surface area (Å²) in [7, 11) is 3.16. The van der Waals surface area contributed by atoms with Gasteiger partial charge in [0.2, 0.25) is 0 Å². The zero-order valence-corrected chi connectivity index (χ0v) is 12.5. The summed E-state index contributed by atoms with van der Waals surface area (Å²) in [4.78, 5) is 14.9. The van der Waals surface area contributed by atoms with Gasteiger partial charge in [0, 0.05) is 12.6 Å². The van der Waals surface area contributed by atoms with E-state index in [-0.39, 0.29) is 5.91 Å². The molecule has 1 aliphatic heterocycles. The minimum atomic E-state index is 0.0193. The minimum Gasteiger partial charge on any atom is -0.496 e. The molecule has 0 saturated carbocycles. The van der Waals surface area contributed by atoms with Crippen molar-refractivity contribution in [2.45, 2.75) is 38.6 Å². The fraction of sp³-hybridized carbons (Fsp3) is 0.562. The molecule has 1 aromatic rings. The molecule has 1 aliphatic rings. The summed E-state index contributed by atoms with van der Waals surface area (Å²) < 4.78 is 10.7. The average molecular weight is 277 g/mol. The first-order valence-electron chi connectivity index (χ1n) is 7.24. The van der Waals surface area contributed by atoms with Gasteiger partial charge in [-0.25, -0.2) is 0 Å². The highest BCUT2D eigenvalue weighted by Gasteiger charge is 2.30. The van der Waals surface area contributed by atoms with Gasteiger partial charge in [-0.3, -0.25) is 4.79 Å².